The lowest BCUT2D eigenvalue weighted by atomic mass is 10.2. The van der Waals surface area contributed by atoms with Crippen LogP contribution in [0.25, 0.3) is 0 Å². The standard InChI is InChI=1S/C20H26ClN7O.HI/c1-22-20(23-12-18-25-24-17-4-2-3-9-28(17)18)27-11-10-26(19(29)14-27)13-15-5-7-16(21)8-6-15;/h5-8H,2-4,9-14H2,1H3,(H,22,23);1H. The molecule has 0 spiro atoms. The minimum absolute atomic E-state index is 0. The minimum atomic E-state index is 0. The Morgan fingerprint density at radius 1 is 1.17 bits per heavy atom. The van der Waals surface area contributed by atoms with E-state index >= 15 is 0 Å². The topological polar surface area (TPSA) is 78.7 Å². The summed E-state index contributed by atoms with van der Waals surface area (Å²) in [5.74, 6) is 2.80. The van der Waals surface area contributed by atoms with Gasteiger partial charge in [0.15, 0.2) is 11.8 Å². The average molecular weight is 544 g/mol. The average Bonchev–Trinajstić information content (AvgIpc) is 3.15. The lowest BCUT2D eigenvalue weighted by molar-refractivity contribution is -0.135. The molecule has 10 heteroatoms. The third-order valence-electron chi connectivity index (χ3n) is 5.46. The lowest BCUT2D eigenvalue weighted by Crippen LogP contribution is -2.54. The molecule has 1 N–H and O–H groups in total. The summed E-state index contributed by atoms with van der Waals surface area (Å²) in [4.78, 5) is 20.9. The van der Waals surface area contributed by atoms with Crippen LogP contribution in [0.15, 0.2) is 29.3 Å². The number of benzene rings is 1. The number of carbonyl (C=O) groups is 1. The quantitative estimate of drug-likeness (QED) is 0.364. The second-order valence-electron chi connectivity index (χ2n) is 7.41. The number of piperazine rings is 1. The number of amides is 1. The Morgan fingerprint density at radius 3 is 2.70 bits per heavy atom. The van der Waals surface area contributed by atoms with Crippen molar-refractivity contribution in [3.8, 4) is 0 Å². The number of aromatic nitrogens is 3. The van der Waals surface area contributed by atoms with Crippen molar-refractivity contribution >= 4 is 47.4 Å². The molecule has 0 radical (unpaired) electrons. The van der Waals surface area contributed by atoms with Crippen LogP contribution in [0.5, 0.6) is 0 Å². The Kier molecular flexibility index (Phi) is 7.93. The van der Waals surface area contributed by atoms with E-state index in [0.717, 1.165) is 49.1 Å². The SMILES string of the molecule is CN=C(NCc1nnc2n1CCCC2)N1CCN(Cc2ccc(Cl)cc2)C(=O)C1.I. The molecule has 0 saturated carbocycles. The van der Waals surface area contributed by atoms with E-state index in [-0.39, 0.29) is 29.9 Å². The zero-order valence-electron chi connectivity index (χ0n) is 17.1. The van der Waals surface area contributed by atoms with Gasteiger partial charge in [-0.3, -0.25) is 9.79 Å². The molecule has 1 saturated heterocycles. The first-order chi connectivity index (χ1) is 14.1. The van der Waals surface area contributed by atoms with Crippen LogP contribution in [0.2, 0.25) is 5.02 Å². The Labute approximate surface area is 198 Å². The molecule has 2 aliphatic rings. The fourth-order valence-corrected chi connectivity index (χ4v) is 3.98. The first-order valence-electron chi connectivity index (χ1n) is 10.0. The van der Waals surface area contributed by atoms with E-state index in [1.807, 2.05) is 34.1 Å². The minimum Gasteiger partial charge on any atom is -0.349 e. The van der Waals surface area contributed by atoms with Crippen molar-refractivity contribution in [2.45, 2.75) is 38.9 Å². The number of hydrogen-bond donors (Lipinski definition) is 1. The molecule has 4 rings (SSSR count). The maximum absolute atomic E-state index is 12.7. The van der Waals surface area contributed by atoms with Crippen LogP contribution in [0, 0.1) is 0 Å². The molecule has 1 aromatic heterocycles. The number of carbonyl (C=O) groups excluding carboxylic acids is 1. The fourth-order valence-electron chi connectivity index (χ4n) is 3.86. The molecule has 0 atom stereocenters. The monoisotopic (exact) mass is 543 g/mol. The molecular weight excluding hydrogens is 517 g/mol. The Bertz CT molecular complexity index is 899. The third-order valence-corrected chi connectivity index (χ3v) is 5.71. The van der Waals surface area contributed by atoms with Crippen molar-refractivity contribution in [2.75, 3.05) is 26.7 Å². The van der Waals surface area contributed by atoms with Crippen molar-refractivity contribution in [3.63, 3.8) is 0 Å². The lowest BCUT2D eigenvalue weighted by Gasteiger charge is -2.36. The van der Waals surface area contributed by atoms with Crippen LogP contribution in [0.3, 0.4) is 0 Å². The van der Waals surface area contributed by atoms with Crippen LogP contribution in [0.4, 0.5) is 0 Å². The van der Waals surface area contributed by atoms with Crippen molar-refractivity contribution < 1.29 is 4.79 Å². The largest absolute Gasteiger partial charge is 0.349 e. The van der Waals surface area contributed by atoms with Gasteiger partial charge in [0.05, 0.1) is 13.1 Å². The summed E-state index contributed by atoms with van der Waals surface area (Å²) in [5.41, 5.74) is 1.08. The predicted molar refractivity (Wildman–Crippen MR) is 127 cm³/mol. The highest BCUT2D eigenvalue weighted by Crippen LogP contribution is 2.15. The maximum atomic E-state index is 12.7. The summed E-state index contributed by atoms with van der Waals surface area (Å²) in [7, 11) is 1.74. The van der Waals surface area contributed by atoms with E-state index in [1.165, 1.54) is 6.42 Å². The smallest absolute Gasteiger partial charge is 0.242 e. The van der Waals surface area contributed by atoms with Gasteiger partial charge in [0, 0.05) is 44.7 Å². The molecule has 0 aliphatic carbocycles. The molecule has 0 bridgehead atoms. The summed E-state index contributed by atoms with van der Waals surface area (Å²) in [6, 6.07) is 7.63. The van der Waals surface area contributed by atoms with Gasteiger partial charge in [-0.1, -0.05) is 23.7 Å². The van der Waals surface area contributed by atoms with E-state index in [9.17, 15) is 4.79 Å². The van der Waals surface area contributed by atoms with Gasteiger partial charge in [0.25, 0.3) is 0 Å². The fraction of sp³-hybridized carbons (Fsp3) is 0.500. The normalized spacial score (nSPS) is 16.9. The van der Waals surface area contributed by atoms with Gasteiger partial charge in [-0.15, -0.1) is 34.2 Å². The number of nitrogens with zero attached hydrogens (tertiary/aromatic N) is 6. The van der Waals surface area contributed by atoms with E-state index in [4.69, 9.17) is 11.6 Å². The van der Waals surface area contributed by atoms with E-state index in [1.54, 1.807) is 7.05 Å². The first-order valence-corrected chi connectivity index (χ1v) is 10.4. The molecule has 2 aliphatic heterocycles. The molecule has 3 heterocycles. The predicted octanol–water partition coefficient (Wildman–Crippen LogP) is 2.31. The Hall–Kier alpha value is -1.88. The Morgan fingerprint density at radius 2 is 1.97 bits per heavy atom. The number of hydrogen-bond acceptors (Lipinski definition) is 4. The highest BCUT2D eigenvalue weighted by atomic mass is 127. The first kappa shape index (κ1) is 22.8. The number of fused-ring (bicyclic) bond motifs is 1. The number of aliphatic imine (C=N–C) groups is 1. The summed E-state index contributed by atoms with van der Waals surface area (Å²) in [6.07, 6.45) is 3.33. The molecule has 1 amide bonds. The van der Waals surface area contributed by atoms with E-state index < -0.39 is 0 Å². The van der Waals surface area contributed by atoms with Gasteiger partial charge in [-0.2, -0.15) is 0 Å². The van der Waals surface area contributed by atoms with E-state index in [0.29, 0.717) is 31.2 Å². The second-order valence-corrected chi connectivity index (χ2v) is 7.84. The van der Waals surface area contributed by atoms with E-state index in [2.05, 4.69) is 25.1 Å². The van der Waals surface area contributed by atoms with Crippen molar-refractivity contribution in [1.29, 1.82) is 0 Å². The van der Waals surface area contributed by atoms with Gasteiger partial charge in [0.2, 0.25) is 5.91 Å². The second kappa shape index (κ2) is 10.4. The molecule has 1 aromatic carbocycles. The summed E-state index contributed by atoms with van der Waals surface area (Å²) in [6.45, 7) is 3.82. The van der Waals surface area contributed by atoms with Gasteiger partial charge < -0.3 is 19.7 Å². The Balaban J connectivity index is 0.00000256. The van der Waals surface area contributed by atoms with Gasteiger partial charge >= 0.3 is 0 Å². The van der Waals surface area contributed by atoms with Crippen LogP contribution in [-0.2, 0) is 30.8 Å². The molecule has 1 fully saturated rings. The molecular formula is C20H27ClIN7O. The number of guanidine groups is 1. The van der Waals surface area contributed by atoms with Crippen molar-refractivity contribution in [2.24, 2.45) is 4.99 Å². The van der Waals surface area contributed by atoms with Gasteiger partial charge in [-0.25, -0.2) is 0 Å². The maximum Gasteiger partial charge on any atom is 0.242 e. The molecule has 8 nitrogen and oxygen atoms in total. The molecule has 0 unspecified atom stereocenters. The van der Waals surface area contributed by atoms with Crippen molar-refractivity contribution in [1.82, 2.24) is 29.9 Å². The number of aryl methyl sites for hydroxylation is 1. The summed E-state index contributed by atoms with van der Waals surface area (Å²) >= 11 is 5.94. The van der Waals surface area contributed by atoms with Crippen molar-refractivity contribution in [3.05, 3.63) is 46.5 Å². The highest BCUT2D eigenvalue weighted by molar-refractivity contribution is 14.0. The summed E-state index contributed by atoms with van der Waals surface area (Å²) < 4.78 is 2.19. The number of rotatable bonds is 4. The van der Waals surface area contributed by atoms with Crippen LogP contribution >= 0.6 is 35.6 Å². The summed E-state index contributed by atoms with van der Waals surface area (Å²) in [5, 5.41) is 12.7. The third kappa shape index (κ3) is 5.23. The van der Waals surface area contributed by atoms with Crippen LogP contribution in [-0.4, -0.2) is 63.1 Å². The highest BCUT2D eigenvalue weighted by Gasteiger charge is 2.26. The molecule has 162 valence electrons. The van der Waals surface area contributed by atoms with Crippen LogP contribution < -0.4 is 5.32 Å². The van der Waals surface area contributed by atoms with Gasteiger partial charge in [-0.05, 0) is 30.5 Å². The zero-order valence-corrected chi connectivity index (χ0v) is 20.1. The number of nitrogens with one attached hydrogen (secondary N) is 1. The van der Waals surface area contributed by atoms with Gasteiger partial charge in [0.1, 0.15) is 5.82 Å². The molecule has 2 aromatic rings. The molecule has 30 heavy (non-hydrogen) atoms. The number of halogens is 2. The zero-order chi connectivity index (χ0) is 20.2. The van der Waals surface area contributed by atoms with Crippen LogP contribution in [0.1, 0.15) is 30.1 Å².